The summed E-state index contributed by atoms with van der Waals surface area (Å²) in [5, 5.41) is 20.2. The Hall–Kier alpha value is -2.37. The number of phenolic OH excluding ortho intramolecular Hbond substituents is 1. The van der Waals surface area contributed by atoms with E-state index in [1.54, 1.807) is 12.1 Å². The van der Waals surface area contributed by atoms with Crippen LogP contribution >= 0.6 is 0 Å². The summed E-state index contributed by atoms with van der Waals surface area (Å²) in [4.78, 5) is 32.9. The van der Waals surface area contributed by atoms with Crippen molar-refractivity contribution in [3.8, 4) is 5.75 Å². The summed E-state index contributed by atoms with van der Waals surface area (Å²) in [6.45, 7) is 1.06. The number of hydrogen-bond donors (Lipinski definition) is 3. The minimum atomic E-state index is -1.22. The Balaban J connectivity index is 2.75. The summed E-state index contributed by atoms with van der Waals surface area (Å²) in [5.41, 5.74) is 0.629. The summed E-state index contributed by atoms with van der Waals surface area (Å²) in [7, 11) is 0. The topological polar surface area (TPSA) is 104 Å². The molecule has 1 unspecified atom stereocenters. The number of amides is 1. The Morgan fingerprint density at radius 1 is 1.22 bits per heavy atom. The molecular weight excluding hydrogens is 238 g/mol. The number of carbonyl (C=O) groups excluding carboxylic acids is 2. The summed E-state index contributed by atoms with van der Waals surface area (Å²) >= 11 is 0. The second-order valence-electron chi connectivity index (χ2n) is 3.79. The van der Waals surface area contributed by atoms with E-state index in [1.165, 1.54) is 12.1 Å². The first-order chi connectivity index (χ1) is 8.40. The number of benzene rings is 1. The van der Waals surface area contributed by atoms with Crippen molar-refractivity contribution < 1.29 is 24.6 Å². The number of rotatable bonds is 5. The molecule has 1 amide bonds. The molecule has 0 aliphatic rings. The second-order valence-corrected chi connectivity index (χ2v) is 3.79. The van der Waals surface area contributed by atoms with E-state index in [4.69, 9.17) is 10.2 Å². The third-order valence-corrected chi connectivity index (χ3v) is 2.30. The van der Waals surface area contributed by atoms with Gasteiger partial charge in [-0.2, -0.15) is 0 Å². The van der Waals surface area contributed by atoms with Crippen LogP contribution in [-0.4, -0.2) is 33.9 Å². The fourth-order valence-corrected chi connectivity index (χ4v) is 1.33. The number of carboxylic acids is 1. The summed E-state index contributed by atoms with van der Waals surface area (Å²) in [6, 6.07) is 4.75. The lowest BCUT2D eigenvalue weighted by Crippen LogP contribution is -2.44. The maximum atomic E-state index is 11.1. The lowest BCUT2D eigenvalue weighted by molar-refractivity contribution is -0.143. The average molecular weight is 251 g/mol. The number of carbonyl (C=O) groups is 3. The molecule has 0 spiro atoms. The Labute approximate surface area is 103 Å². The van der Waals surface area contributed by atoms with Gasteiger partial charge in [0.2, 0.25) is 5.78 Å². The zero-order valence-corrected chi connectivity index (χ0v) is 9.71. The molecule has 0 heterocycles. The number of hydrogen-bond acceptors (Lipinski definition) is 4. The largest absolute Gasteiger partial charge is 0.508 e. The van der Waals surface area contributed by atoms with Crippen molar-refractivity contribution in [3.63, 3.8) is 0 Å². The summed E-state index contributed by atoms with van der Waals surface area (Å²) in [5.74, 6) is -2.83. The molecule has 6 heteroatoms. The molecule has 1 aromatic rings. The number of aromatic hydroxyl groups is 1. The van der Waals surface area contributed by atoms with Crippen LogP contribution in [-0.2, 0) is 20.8 Å². The number of ketones is 1. The van der Waals surface area contributed by atoms with Crippen molar-refractivity contribution in [3.05, 3.63) is 29.8 Å². The molecule has 0 bridgehead atoms. The van der Waals surface area contributed by atoms with Gasteiger partial charge in [-0.25, -0.2) is 4.79 Å². The van der Waals surface area contributed by atoms with Crippen LogP contribution in [0.5, 0.6) is 5.75 Å². The van der Waals surface area contributed by atoms with Crippen LogP contribution in [0.25, 0.3) is 0 Å². The molecule has 1 atom stereocenters. The molecular formula is C12H13NO5. The Kier molecular flexibility index (Phi) is 4.42. The fraction of sp³-hybridized carbons (Fsp3) is 0.250. The number of nitrogens with one attached hydrogen (secondary N) is 1. The minimum absolute atomic E-state index is 0.0363. The molecule has 0 aliphatic carbocycles. The molecule has 0 aromatic heterocycles. The normalized spacial score (nSPS) is 11.6. The fourth-order valence-electron chi connectivity index (χ4n) is 1.33. The lowest BCUT2D eigenvalue weighted by atomic mass is 10.1. The van der Waals surface area contributed by atoms with Crippen LogP contribution in [0.2, 0.25) is 0 Å². The molecule has 1 aromatic carbocycles. The number of phenols is 1. The van der Waals surface area contributed by atoms with E-state index >= 15 is 0 Å². The maximum Gasteiger partial charge on any atom is 0.326 e. The van der Waals surface area contributed by atoms with Gasteiger partial charge < -0.3 is 15.5 Å². The van der Waals surface area contributed by atoms with E-state index < -0.39 is 23.7 Å². The molecule has 0 saturated carbocycles. The highest BCUT2D eigenvalue weighted by atomic mass is 16.4. The zero-order valence-electron chi connectivity index (χ0n) is 9.71. The van der Waals surface area contributed by atoms with Gasteiger partial charge in [0.1, 0.15) is 11.8 Å². The van der Waals surface area contributed by atoms with Gasteiger partial charge in [0.05, 0.1) is 0 Å². The van der Waals surface area contributed by atoms with Crippen LogP contribution in [0.1, 0.15) is 12.5 Å². The highest BCUT2D eigenvalue weighted by Crippen LogP contribution is 2.11. The van der Waals surface area contributed by atoms with Gasteiger partial charge >= 0.3 is 5.97 Å². The predicted molar refractivity (Wildman–Crippen MR) is 62.1 cm³/mol. The first-order valence-electron chi connectivity index (χ1n) is 5.22. The smallest absolute Gasteiger partial charge is 0.326 e. The van der Waals surface area contributed by atoms with Crippen molar-refractivity contribution >= 4 is 17.7 Å². The first kappa shape index (κ1) is 13.7. The number of aliphatic carboxylic acids is 1. The first-order valence-corrected chi connectivity index (χ1v) is 5.22. The van der Waals surface area contributed by atoms with Gasteiger partial charge in [-0.1, -0.05) is 12.1 Å². The van der Waals surface area contributed by atoms with E-state index in [1.807, 2.05) is 0 Å². The van der Waals surface area contributed by atoms with Crippen LogP contribution < -0.4 is 5.32 Å². The van der Waals surface area contributed by atoms with Crippen molar-refractivity contribution in [2.45, 2.75) is 19.4 Å². The van der Waals surface area contributed by atoms with E-state index in [-0.39, 0.29) is 12.2 Å². The van der Waals surface area contributed by atoms with E-state index in [2.05, 4.69) is 5.32 Å². The van der Waals surface area contributed by atoms with Crippen LogP contribution in [0.3, 0.4) is 0 Å². The molecule has 1 rings (SSSR count). The maximum absolute atomic E-state index is 11.1. The zero-order chi connectivity index (χ0) is 13.7. The molecule has 0 radical (unpaired) electrons. The van der Waals surface area contributed by atoms with Gasteiger partial charge in [-0.15, -0.1) is 0 Å². The molecule has 18 heavy (non-hydrogen) atoms. The number of Topliss-reactive ketones (excluding diaryl/α,β-unsaturated/α-hetero) is 1. The highest BCUT2D eigenvalue weighted by Gasteiger charge is 2.22. The van der Waals surface area contributed by atoms with Crippen LogP contribution in [0, 0.1) is 0 Å². The van der Waals surface area contributed by atoms with Gasteiger partial charge in [-0.3, -0.25) is 9.59 Å². The van der Waals surface area contributed by atoms with Gasteiger partial charge in [0, 0.05) is 13.3 Å². The molecule has 0 aliphatic heterocycles. The Morgan fingerprint density at radius 3 is 2.22 bits per heavy atom. The third kappa shape index (κ3) is 3.89. The van der Waals surface area contributed by atoms with Crippen LogP contribution in [0.15, 0.2) is 24.3 Å². The minimum Gasteiger partial charge on any atom is -0.508 e. The van der Waals surface area contributed by atoms with E-state index in [0.29, 0.717) is 5.56 Å². The second kappa shape index (κ2) is 5.81. The number of carboxylic acid groups (broad SMARTS) is 1. The lowest BCUT2D eigenvalue weighted by Gasteiger charge is -2.13. The molecule has 3 N–H and O–H groups in total. The highest BCUT2D eigenvalue weighted by molar-refractivity contribution is 6.35. The van der Waals surface area contributed by atoms with Crippen molar-refractivity contribution in [1.29, 1.82) is 0 Å². The SMILES string of the molecule is CC(=O)C(=O)NC(Cc1ccc(O)cc1)C(=O)O. The van der Waals surface area contributed by atoms with Gasteiger partial charge in [0.15, 0.2) is 0 Å². The monoisotopic (exact) mass is 251 g/mol. The quantitative estimate of drug-likeness (QED) is 0.643. The standard InChI is InChI=1S/C12H13NO5/c1-7(14)11(16)13-10(12(17)18)6-8-2-4-9(15)5-3-8/h2-5,10,15H,6H2,1H3,(H,13,16)(H,17,18). The van der Waals surface area contributed by atoms with E-state index in [0.717, 1.165) is 6.92 Å². The van der Waals surface area contributed by atoms with Crippen molar-refractivity contribution in [1.82, 2.24) is 5.32 Å². The van der Waals surface area contributed by atoms with Gasteiger partial charge in [0.25, 0.3) is 5.91 Å². The molecule has 0 fully saturated rings. The van der Waals surface area contributed by atoms with Gasteiger partial charge in [-0.05, 0) is 17.7 Å². The third-order valence-electron chi connectivity index (χ3n) is 2.30. The Bertz CT molecular complexity index is 466. The van der Waals surface area contributed by atoms with Crippen molar-refractivity contribution in [2.75, 3.05) is 0 Å². The van der Waals surface area contributed by atoms with E-state index in [9.17, 15) is 14.4 Å². The van der Waals surface area contributed by atoms with Crippen molar-refractivity contribution in [2.24, 2.45) is 0 Å². The van der Waals surface area contributed by atoms with Crippen LogP contribution in [0.4, 0.5) is 0 Å². The summed E-state index contributed by atoms with van der Waals surface area (Å²) in [6.07, 6.45) is 0.0363. The molecule has 96 valence electrons. The molecule has 6 nitrogen and oxygen atoms in total. The summed E-state index contributed by atoms with van der Waals surface area (Å²) < 4.78 is 0. The predicted octanol–water partition coefficient (Wildman–Crippen LogP) is 0.0931. The Morgan fingerprint density at radius 2 is 1.78 bits per heavy atom. The molecule has 0 saturated heterocycles. The average Bonchev–Trinajstić information content (AvgIpc) is 2.30.